The molecule has 2 fully saturated rings. The van der Waals surface area contributed by atoms with Gasteiger partial charge >= 0.3 is 0 Å². The second-order valence-electron chi connectivity index (χ2n) is 7.54. The van der Waals surface area contributed by atoms with Crippen molar-refractivity contribution in [2.24, 2.45) is 7.05 Å². The van der Waals surface area contributed by atoms with Crippen molar-refractivity contribution in [3.63, 3.8) is 0 Å². The Morgan fingerprint density at radius 1 is 1.30 bits per heavy atom. The number of carbonyl (C=O) groups excluding carboxylic acids is 1. The Hall–Kier alpha value is -2.41. The van der Waals surface area contributed by atoms with Crippen molar-refractivity contribution in [2.45, 2.75) is 50.6 Å². The number of nitrogens with zero attached hydrogens (tertiary/aromatic N) is 4. The lowest BCUT2D eigenvalue weighted by Gasteiger charge is -2.25. The number of aromatic nitrogens is 3. The van der Waals surface area contributed by atoms with Gasteiger partial charge in [-0.05, 0) is 49.3 Å². The van der Waals surface area contributed by atoms with Gasteiger partial charge in [-0.25, -0.2) is 4.98 Å². The molecule has 0 bridgehead atoms. The van der Waals surface area contributed by atoms with Crippen molar-refractivity contribution in [1.82, 2.24) is 19.7 Å². The topological polar surface area (TPSA) is 83.3 Å². The van der Waals surface area contributed by atoms with Crippen LogP contribution in [-0.2, 0) is 13.6 Å². The molecule has 1 saturated heterocycles. The number of rotatable bonds is 6. The maximum Gasteiger partial charge on any atom is 0.272 e. The highest BCUT2D eigenvalue weighted by Gasteiger charge is 2.29. The molecule has 1 saturated carbocycles. The summed E-state index contributed by atoms with van der Waals surface area (Å²) < 4.78 is 1.92. The zero-order valence-electron chi connectivity index (χ0n) is 15.8. The Morgan fingerprint density at radius 3 is 2.89 bits per heavy atom. The van der Waals surface area contributed by atoms with Gasteiger partial charge in [0.25, 0.3) is 5.91 Å². The summed E-state index contributed by atoms with van der Waals surface area (Å²) in [5.74, 6) is 1.20. The number of aryl methyl sites for hydroxylation is 1. The molecule has 1 amide bonds. The Bertz CT molecular complexity index is 814. The van der Waals surface area contributed by atoms with E-state index in [4.69, 9.17) is 0 Å². The zero-order chi connectivity index (χ0) is 18.8. The first kappa shape index (κ1) is 18.0. The maximum atomic E-state index is 12.8. The number of nitrogens with one attached hydrogen (secondary N) is 1. The van der Waals surface area contributed by atoms with E-state index >= 15 is 0 Å². The number of hydrogen-bond acceptors (Lipinski definition) is 5. The lowest BCUT2D eigenvalue weighted by molar-refractivity contribution is 0.0672. The average Bonchev–Trinajstić information content (AvgIpc) is 3.25. The zero-order valence-corrected chi connectivity index (χ0v) is 15.8. The Kier molecular flexibility index (Phi) is 5.11. The largest absolute Gasteiger partial charge is 0.394 e. The number of carbonyl (C=O) groups is 1. The SMILES string of the molecule is Cn1ncc(C2CCC2)c1CNc1cccc(C(=O)N2CCCC2CO)n1. The van der Waals surface area contributed by atoms with E-state index in [0.717, 1.165) is 12.8 Å². The van der Waals surface area contributed by atoms with Crippen molar-refractivity contribution in [2.75, 3.05) is 18.5 Å². The van der Waals surface area contributed by atoms with Crippen molar-refractivity contribution >= 4 is 11.7 Å². The molecule has 4 rings (SSSR count). The lowest BCUT2D eigenvalue weighted by Crippen LogP contribution is -2.38. The fourth-order valence-corrected chi connectivity index (χ4v) is 4.02. The molecular weight excluding hydrogens is 342 g/mol. The van der Waals surface area contributed by atoms with Gasteiger partial charge in [0, 0.05) is 13.6 Å². The Balaban J connectivity index is 1.46. The van der Waals surface area contributed by atoms with Crippen molar-refractivity contribution < 1.29 is 9.90 Å². The molecule has 3 heterocycles. The van der Waals surface area contributed by atoms with Crippen LogP contribution in [0.25, 0.3) is 0 Å². The third-order valence-electron chi connectivity index (χ3n) is 5.89. The fraction of sp³-hybridized carbons (Fsp3) is 0.550. The number of amides is 1. The second-order valence-corrected chi connectivity index (χ2v) is 7.54. The highest BCUT2D eigenvalue weighted by Crippen LogP contribution is 2.37. The molecule has 2 N–H and O–H groups in total. The standard InChI is InChI=1S/C20H27N5O2/c1-24-18(16(11-22-24)14-5-2-6-14)12-21-19-9-3-8-17(23-19)20(27)25-10-4-7-15(25)13-26/h3,8-9,11,14-15,26H,2,4-7,10,12-13H2,1H3,(H,21,23). The monoisotopic (exact) mass is 369 g/mol. The van der Waals surface area contributed by atoms with Crippen LogP contribution in [0.5, 0.6) is 0 Å². The fourth-order valence-electron chi connectivity index (χ4n) is 4.02. The van der Waals surface area contributed by atoms with Crippen LogP contribution in [0.3, 0.4) is 0 Å². The van der Waals surface area contributed by atoms with E-state index in [9.17, 15) is 9.90 Å². The number of pyridine rings is 1. The molecule has 144 valence electrons. The van der Waals surface area contributed by atoms with Crippen LogP contribution < -0.4 is 5.32 Å². The summed E-state index contributed by atoms with van der Waals surface area (Å²) in [7, 11) is 1.97. The Morgan fingerprint density at radius 2 is 2.15 bits per heavy atom. The smallest absolute Gasteiger partial charge is 0.272 e. The van der Waals surface area contributed by atoms with Crippen molar-refractivity contribution in [3.05, 3.63) is 41.3 Å². The van der Waals surface area contributed by atoms with Gasteiger partial charge in [-0.1, -0.05) is 12.5 Å². The molecule has 1 aliphatic carbocycles. The summed E-state index contributed by atoms with van der Waals surface area (Å²) in [6.07, 6.45) is 7.54. The molecular formula is C20H27N5O2. The first-order valence-electron chi connectivity index (χ1n) is 9.81. The Labute approximate surface area is 159 Å². The van der Waals surface area contributed by atoms with E-state index in [-0.39, 0.29) is 18.6 Å². The summed E-state index contributed by atoms with van der Waals surface area (Å²) in [4.78, 5) is 19.0. The molecule has 2 aromatic heterocycles. The summed E-state index contributed by atoms with van der Waals surface area (Å²) in [5.41, 5.74) is 2.93. The molecule has 0 aromatic carbocycles. The third-order valence-corrected chi connectivity index (χ3v) is 5.89. The molecule has 0 spiro atoms. The van der Waals surface area contributed by atoms with E-state index < -0.39 is 0 Å². The van der Waals surface area contributed by atoms with Crippen LogP contribution in [-0.4, -0.2) is 49.9 Å². The molecule has 1 unspecified atom stereocenters. The van der Waals surface area contributed by atoms with Crippen molar-refractivity contribution in [1.29, 1.82) is 0 Å². The first-order valence-corrected chi connectivity index (χ1v) is 9.81. The molecule has 2 aliphatic rings. The summed E-state index contributed by atoms with van der Waals surface area (Å²) in [6, 6.07) is 5.38. The molecule has 0 radical (unpaired) electrons. The van der Waals surface area contributed by atoms with Gasteiger partial charge < -0.3 is 15.3 Å². The van der Waals surface area contributed by atoms with Crippen LogP contribution in [0.4, 0.5) is 5.82 Å². The predicted octanol–water partition coefficient (Wildman–Crippen LogP) is 2.29. The average molecular weight is 369 g/mol. The van der Waals surface area contributed by atoms with Gasteiger partial charge in [-0.3, -0.25) is 9.48 Å². The quantitative estimate of drug-likeness (QED) is 0.816. The number of hydrogen-bond donors (Lipinski definition) is 2. The van der Waals surface area contributed by atoms with Crippen LogP contribution in [0.2, 0.25) is 0 Å². The molecule has 2 aromatic rings. The maximum absolute atomic E-state index is 12.8. The molecule has 7 nitrogen and oxygen atoms in total. The van der Waals surface area contributed by atoms with E-state index in [0.29, 0.717) is 30.5 Å². The van der Waals surface area contributed by atoms with Crippen LogP contribution in [0.1, 0.15) is 59.8 Å². The van der Waals surface area contributed by atoms with Crippen LogP contribution in [0.15, 0.2) is 24.4 Å². The number of aliphatic hydroxyl groups is 1. The minimum Gasteiger partial charge on any atom is -0.394 e. The molecule has 1 aliphatic heterocycles. The highest BCUT2D eigenvalue weighted by molar-refractivity contribution is 5.93. The van der Waals surface area contributed by atoms with Gasteiger partial charge in [0.1, 0.15) is 11.5 Å². The lowest BCUT2D eigenvalue weighted by atomic mass is 9.80. The minimum atomic E-state index is -0.106. The van der Waals surface area contributed by atoms with Gasteiger partial charge in [0.2, 0.25) is 0 Å². The van der Waals surface area contributed by atoms with Crippen LogP contribution in [0, 0.1) is 0 Å². The molecule has 7 heteroatoms. The van der Waals surface area contributed by atoms with E-state index in [1.807, 2.05) is 30.1 Å². The van der Waals surface area contributed by atoms with E-state index in [2.05, 4.69) is 15.4 Å². The third kappa shape index (κ3) is 3.56. The van der Waals surface area contributed by atoms with Gasteiger partial charge in [0.05, 0.1) is 31.1 Å². The van der Waals surface area contributed by atoms with E-state index in [1.165, 1.54) is 30.5 Å². The summed E-state index contributed by atoms with van der Waals surface area (Å²) in [6.45, 7) is 1.33. The molecule has 1 atom stereocenters. The minimum absolute atomic E-state index is 0.00805. The highest BCUT2D eigenvalue weighted by atomic mass is 16.3. The van der Waals surface area contributed by atoms with E-state index in [1.54, 1.807) is 11.0 Å². The van der Waals surface area contributed by atoms with Gasteiger partial charge in [0.15, 0.2) is 0 Å². The second kappa shape index (κ2) is 7.68. The number of likely N-dealkylation sites (tertiary alicyclic amines) is 1. The van der Waals surface area contributed by atoms with Gasteiger partial charge in [-0.2, -0.15) is 5.10 Å². The summed E-state index contributed by atoms with van der Waals surface area (Å²) in [5, 5.41) is 17.2. The van der Waals surface area contributed by atoms with Gasteiger partial charge in [-0.15, -0.1) is 0 Å². The molecule has 27 heavy (non-hydrogen) atoms. The normalized spacial score (nSPS) is 19.9. The number of anilines is 1. The van der Waals surface area contributed by atoms with Crippen molar-refractivity contribution in [3.8, 4) is 0 Å². The first-order chi connectivity index (χ1) is 13.2. The van der Waals surface area contributed by atoms with Crippen LogP contribution >= 0.6 is 0 Å². The predicted molar refractivity (Wildman–Crippen MR) is 103 cm³/mol. The number of aliphatic hydroxyl groups excluding tert-OH is 1. The summed E-state index contributed by atoms with van der Waals surface area (Å²) >= 11 is 0.